The van der Waals surface area contributed by atoms with E-state index in [2.05, 4.69) is 0 Å². The highest BCUT2D eigenvalue weighted by Gasteiger charge is 2.36. The lowest BCUT2D eigenvalue weighted by Gasteiger charge is -2.31. The number of benzene rings is 2. The number of aromatic hydroxyl groups is 1. The molecule has 9 nitrogen and oxygen atoms in total. The summed E-state index contributed by atoms with van der Waals surface area (Å²) in [6, 6.07) is 10.2. The molecule has 1 aliphatic rings. The van der Waals surface area contributed by atoms with Gasteiger partial charge in [-0.05, 0) is 42.3 Å². The first-order chi connectivity index (χ1) is 17.9. The van der Waals surface area contributed by atoms with Gasteiger partial charge in [-0.2, -0.15) is 0 Å². The first kappa shape index (κ1) is 26.9. The molecule has 2 heterocycles. The fourth-order valence-corrected chi connectivity index (χ4v) is 4.62. The molecule has 4 rings (SSSR count). The van der Waals surface area contributed by atoms with Gasteiger partial charge in [0.25, 0.3) is 23.3 Å². The molecule has 0 saturated carbocycles. The third-order valence-corrected chi connectivity index (χ3v) is 6.60. The molecular weight excluding hydrogens is 515 g/mol. The van der Waals surface area contributed by atoms with Gasteiger partial charge in [0.05, 0.1) is 16.3 Å². The molecular formula is C27H26ClFN4O5. The summed E-state index contributed by atoms with van der Waals surface area (Å²) >= 11 is 5.88. The van der Waals surface area contributed by atoms with Gasteiger partial charge in [0.2, 0.25) is 0 Å². The predicted octanol–water partition coefficient (Wildman–Crippen LogP) is 2.94. The molecule has 1 aliphatic heterocycles. The first-order valence-corrected chi connectivity index (χ1v) is 12.1. The number of aromatic nitrogens is 1. The molecule has 0 radical (unpaired) electrons. The summed E-state index contributed by atoms with van der Waals surface area (Å²) in [6.07, 6.45) is 0.162. The summed E-state index contributed by atoms with van der Waals surface area (Å²) in [4.78, 5) is 57.0. The topological polar surface area (TPSA) is 103 Å². The fraction of sp³-hybridized carbons (Fsp3) is 0.259. The second-order valence-corrected chi connectivity index (χ2v) is 9.77. The molecule has 2 aromatic carbocycles. The van der Waals surface area contributed by atoms with Crippen LogP contribution in [-0.2, 0) is 13.0 Å². The molecule has 0 atom stereocenters. The molecule has 0 fully saturated rings. The van der Waals surface area contributed by atoms with Crippen LogP contribution in [0.3, 0.4) is 0 Å². The van der Waals surface area contributed by atoms with Crippen LogP contribution in [0.2, 0.25) is 5.02 Å². The van der Waals surface area contributed by atoms with Crippen molar-refractivity contribution in [3.63, 3.8) is 0 Å². The third-order valence-electron chi connectivity index (χ3n) is 6.31. The van der Waals surface area contributed by atoms with Crippen LogP contribution in [0.25, 0.3) is 5.69 Å². The van der Waals surface area contributed by atoms with Gasteiger partial charge in [-0.25, -0.2) is 4.39 Å². The highest BCUT2D eigenvalue weighted by molar-refractivity contribution is 6.30. The Morgan fingerprint density at radius 1 is 1.03 bits per heavy atom. The zero-order valence-electron chi connectivity index (χ0n) is 21.3. The van der Waals surface area contributed by atoms with Gasteiger partial charge in [0, 0.05) is 52.4 Å². The summed E-state index contributed by atoms with van der Waals surface area (Å²) < 4.78 is 14.6. The number of nitrogens with zero attached hydrogens (tertiary/aromatic N) is 4. The van der Waals surface area contributed by atoms with Crippen LogP contribution in [0.4, 0.5) is 4.39 Å². The standard InChI is InChI=1S/C27H26ClFN4O5/c1-30(2)24(35)16-6-5-7-17(13-16)33-22(26(37)31(3)4)18-10-11-32(25(36)21(18)23(34)27(33)38)14-15-8-9-20(29)19(28)12-15/h5-9,12-13,34H,10-11,14H2,1-4H3. The van der Waals surface area contributed by atoms with E-state index in [1.54, 1.807) is 32.3 Å². The fourth-order valence-electron chi connectivity index (χ4n) is 4.42. The summed E-state index contributed by atoms with van der Waals surface area (Å²) in [5, 5.41) is 10.9. The Hall–Kier alpha value is -4.18. The monoisotopic (exact) mass is 540 g/mol. The van der Waals surface area contributed by atoms with E-state index in [9.17, 15) is 28.7 Å². The van der Waals surface area contributed by atoms with E-state index < -0.39 is 28.9 Å². The quantitative estimate of drug-likeness (QED) is 0.536. The van der Waals surface area contributed by atoms with E-state index >= 15 is 0 Å². The van der Waals surface area contributed by atoms with Gasteiger partial charge in [0.15, 0.2) is 5.75 Å². The van der Waals surface area contributed by atoms with Gasteiger partial charge in [-0.1, -0.05) is 23.7 Å². The Balaban J connectivity index is 1.88. The number of rotatable bonds is 5. The van der Waals surface area contributed by atoms with Crippen molar-refractivity contribution in [2.24, 2.45) is 0 Å². The van der Waals surface area contributed by atoms with Crippen molar-refractivity contribution in [1.29, 1.82) is 0 Å². The average molecular weight is 541 g/mol. The van der Waals surface area contributed by atoms with E-state index in [4.69, 9.17) is 11.6 Å². The molecule has 198 valence electrons. The molecule has 0 bridgehead atoms. The lowest BCUT2D eigenvalue weighted by Crippen LogP contribution is -2.42. The molecule has 0 saturated heterocycles. The SMILES string of the molecule is CN(C)C(=O)c1cccc(-n2c(C(=O)N(C)C)c3c(c(O)c2=O)C(=O)N(Cc2ccc(F)c(Cl)c2)CC3)c1. The summed E-state index contributed by atoms with van der Waals surface area (Å²) in [6.45, 7) is 0.234. The normalized spacial score (nSPS) is 12.8. The number of carbonyl (C=O) groups is 3. The molecule has 3 aromatic rings. The van der Waals surface area contributed by atoms with Crippen LogP contribution < -0.4 is 5.56 Å². The van der Waals surface area contributed by atoms with Crippen LogP contribution in [0.1, 0.15) is 42.3 Å². The number of hydrogen-bond donors (Lipinski definition) is 1. The first-order valence-electron chi connectivity index (χ1n) is 11.7. The Labute approximate surface area is 223 Å². The molecule has 38 heavy (non-hydrogen) atoms. The summed E-state index contributed by atoms with van der Waals surface area (Å²) in [7, 11) is 6.20. The number of fused-ring (bicyclic) bond motifs is 1. The van der Waals surface area contributed by atoms with E-state index in [1.807, 2.05) is 0 Å². The van der Waals surface area contributed by atoms with E-state index in [-0.39, 0.29) is 58.5 Å². The smallest absolute Gasteiger partial charge is 0.298 e. The molecule has 0 spiro atoms. The molecule has 11 heteroatoms. The van der Waals surface area contributed by atoms with Crippen molar-refractivity contribution < 1.29 is 23.9 Å². The van der Waals surface area contributed by atoms with Crippen molar-refractivity contribution in [3.05, 3.63) is 91.6 Å². The van der Waals surface area contributed by atoms with Crippen molar-refractivity contribution in [1.82, 2.24) is 19.3 Å². The van der Waals surface area contributed by atoms with E-state index in [1.165, 1.54) is 53.1 Å². The number of pyridine rings is 1. The largest absolute Gasteiger partial charge is 0.502 e. The minimum absolute atomic E-state index is 0.0620. The van der Waals surface area contributed by atoms with E-state index in [0.717, 1.165) is 4.57 Å². The van der Waals surface area contributed by atoms with Gasteiger partial charge < -0.3 is 19.8 Å². The second-order valence-electron chi connectivity index (χ2n) is 9.37. The number of halogens is 2. The highest BCUT2D eigenvalue weighted by atomic mass is 35.5. The minimum atomic E-state index is -0.969. The van der Waals surface area contributed by atoms with Crippen LogP contribution in [-0.4, -0.2) is 76.8 Å². The number of carbonyl (C=O) groups excluding carboxylic acids is 3. The van der Waals surface area contributed by atoms with Gasteiger partial charge in [0.1, 0.15) is 11.5 Å². The zero-order valence-corrected chi connectivity index (χ0v) is 22.0. The van der Waals surface area contributed by atoms with Crippen molar-refractivity contribution >= 4 is 29.3 Å². The minimum Gasteiger partial charge on any atom is -0.502 e. The molecule has 3 amide bonds. The van der Waals surface area contributed by atoms with Crippen LogP contribution >= 0.6 is 11.6 Å². The summed E-state index contributed by atoms with van der Waals surface area (Å²) in [5.41, 5.74) is -0.0293. The Bertz CT molecular complexity index is 1530. The van der Waals surface area contributed by atoms with Gasteiger partial charge >= 0.3 is 0 Å². The lowest BCUT2D eigenvalue weighted by atomic mass is 9.95. The predicted molar refractivity (Wildman–Crippen MR) is 140 cm³/mol. The molecule has 0 unspecified atom stereocenters. The highest BCUT2D eigenvalue weighted by Crippen LogP contribution is 2.31. The summed E-state index contributed by atoms with van der Waals surface area (Å²) in [5.74, 6) is -2.89. The second kappa shape index (κ2) is 10.3. The third kappa shape index (κ3) is 4.74. The molecule has 0 aliphatic carbocycles. The van der Waals surface area contributed by atoms with Crippen molar-refractivity contribution in [2.75, 3.05) is 34.7 Å². The number of amides is 3. The Morgan fingerprint density at radius 2 is 1.71 bits per heavy atom. The maximum atomic E-state index is 13.6. The van der Waals surface area contributed by atoms with Crippen molar-refractivity contribution in [2.45, 2.75) is 13.0 Å². The molecule has 1 N–H and O–H groups in total. The van der Waals surface area contributed by atoms with E-state index in [0.29, 0.717) is 5.56 Å². The van der Waals surface area contributed by atoms with Crippen LogP contribution in [0.5, 0.6) is 5.75 Å². The van der Waals surface area contributed by atoms with Gasteiger partial charge in [-0.15, -0.1) is 0 Å². The Morgan fingerprint density at radius 3 is 2.34 bits per heavy atom. The van der Waals surface area contributed by atoms with Crippen LogP contribution in [0, 0.1) is 5.82 Å². The molecule has 1 aromatic heterocycles. The zero-order chi connectivity index (χ0) is 27.9. The van der Waals surface area contributed by atoms with Crippen LogP contribution in [0.15, 0.2) is 47.3 Å². The lowest BCUT2D eigenvalue weighted by molar-refractivity contribution is 0.0719. The Kier molecular flexibility index (Phi) is 7.28. The average Bonchev–Trinajstić information content (AvgIpc) is 2.88. The van der Waals surface area contributed by atoms with Gasteiger partial charge in [-0.3, -0.25) is 23.7 Å². The maximum Gasteiger partial charge on any atom is 0.298 e. The number of hydrogen-bond acceptors (Lipinski definition) is 5. The van der Waals surface area contributed by atoms with Crippen molar-refractivity contribution in [3.8, 4) is 11.4 Å². The maximum absolute atomic E-state index is 13.6.